The van der Waals surface area contributed by atoms with Crippen LogP contribution in [0.2, 0.25) is 0 Å². The monoisotopic (exact) mass is 467 g/mol. The van der Waals surface area contributed by atoms with Crippen LogP contribution in [-0.4, -0.2) is 77.6 Å². The summed E-state index contributed by atoms with van der Waals surface area (Å²) in [5.41, 5.74) is 0.988. The Bertz CT molecular complexity index is 1040. The lowest BCUT2D eigenvalue weighted by atomic mass is 10.1. The van der Waals surface area contributed by atoms with Crippen molar-refractivity contribution in [1.82, 2.24) is 13.9 Å². The number of methoxy groups -OCH3 is 1. The maximum absolute atomic E-state index is 13.3. The average Bonchev–Trinajstić information content (AvgIpc) is 2.80. The van der Waals surface area contributed by atoms with E-state index in [2.05, 4.69) is 5.32 Å². The Balaban J connectivity index is 1.79. The number of nitrogens with zero attached hydrogens (tertiary/aromatic N) is 2. The lowest BCUT2D eigenvalue weighted by Crippen LogP contribution is -2.48. The maximum Gasteiger partial charge on any atom is 0.243 e. The number of ether oxygens (including phenoxy) is 1. The van der Waals surface area contributed by atoms with E-state index in [1.165, 1.54) is 27.9 Å². The van der Waals surface area contributed by atoms with Crippen LogP contribution in [0.3, 0.4) is 0 Å². The third-order valence-corrected chi connectivity index (χ3v) is 9.02. The summed E-state index contributed by atoms with van der Waals surface area (Å²) in [4.78, 5) is 0.112. The van der Waals surface area contributed by atoms with Gasteiger partial charge in [-0.25, -0.2) is 16.8 Å². The summed E-state index contributed by atoms with van der Waals surface area (Å²) in [5.74, 6) is 0.299. The molecule has 2 aromatic rings. The summed E-state index contributed by atoms with van der Waals surface area (Å²) in [6.45, 7) is 2.08. The molecule has 31 heavy (non-hydrogen) atoms. The van der Waals surface area contributed by atoms with Crippen LogP contribution in [0.1, 0.15) is 5.56 Å². The number of nitrogens with one attached hydrogen (secondary N) is 1. The van der Waals surface area contributed by atoms with Crippen LogP contribution in [0.25, 0.3) is 0 Å². The van der Waals surface area contributed by atoms with Gasteiger partial charge in [0.2, 0.25) is 20.0 Å². The lowest BCUT2D eigenvalue weighted by Gasteiger charge is -2.28. The van der Waals surface area contributed by atoms with Gasteiger partial charge < -0.3 is 10.1 Å². The van der Waals surface area contributed by atoms with Gasteiger partial charge in [0.1, 0.15) is 5.75 Å². The molecule has 1 saturated heterocycles. The molecule has 0 unspecified atom stereocenters. The molecular formula is C21H29N3O5S2. The van der Waals surface area contributed by atoms with Crippen molar-refractivity contribution in [3.63, 3.8) is 0 Å². The molecule has 1 fully saturated rings. The molecule has 0 radical (unpaired) electrons. The number of hydrogen-bond donors (Lipinski definition) is 1. The summed E-state index contributed by atoms with van der Waals surface area (Å²) in [5, 5.41) is 3.12. The molecule has 170 valence electrons. The van der Waals surface area contributed by atoms with E-state index in [0.717, 1.165) is 5.56 Å². The molecule has 0 spiro atoms. The van der Waals surface area contributed by atoms with Crippen molar-refractivity contribution in [2.75, 3.05) is 52.1 Å². The van der Waals surface area contributed by atoms with Crippen LogP contribution in [0.4, 0.5) is 0 Å². The van der Waals surface area contributed by atoms with Gasteiger partial charge in [0.15, 0.2) is 0 Å². The van der Waals surface area contributed by atoms with Crippen molar-refractivity contribution in [2.24, 2.45) is 0 Å². The van der Waals surface area contributed by atoms with Crippen molar-refractivity contribution in [3.05, 3.63) is 60.2 Å². The van der Waals surface area contributed by atoms with Crippen LogP contribution >= 0.6 is 0 Å². The zero-order valence-electron chi connectivity index (χ0n) is 17.6. The first-order chi connectivity index (χ1) is 14.8. The van der Waals surface area contributed by atoms with Crippen molar-refractivity contribution < 1.29 is 21.6 Å². The molecule has 3 rings (SSSR count). The van der Waals surface area contributed by atoms with Crippen molar-refractivity contribution in [3.8, 4) is 5.75 Å². The zero-order valence-corrected chi connectivity index (χ0v) is 19.2. The summed E-state index contributed by atoms with van der Waals surface area (Å²) < 4.78 is 60.0. The van der Waals surface area contributed by atoms with Crippen LogP contribution < -0.4 is 10.1 Å². The van der Waals surface area contributed by atoms with E-state index in [-0.39, 0.29) is 23.7 Å². The highest BCUT2D eigenvalue weighted by atomic mass is 32.2. The Kier molecular flexibility index (Phi) is 8.06. The fourth-order valence-corrected chi connectivity index (χ4v) is 6.42. The molecule has 0 bridgehead atoms. The van der Waals surface area contributed by atoms with E-state index in [0.29, 0.717) is 38.3 Å². The van der Waals surface area contributed by atoms with Gasteiger partial charge in [-0.15, -0.1) is 0 Å². The van der Waals surface area contributed by atoms with Gasteiger partial charge >= 0.3 is 0 Å². The molecule has 10 heteroatoms. The van der Waals surface area contributed by atoms with Gasteiger partial charge in [-0.05, 0) is 36.2 Å². The average molecular weight is 468 g/mol. The predicted octanol–water partition coefficient (Wildman–Crippen LogP) is 1.16. The summed E-state index contributed by atoms with van der Waals surface area (Å²) >= 11 is 0. The molecule has 1 aliphatic rings. The number of hydrogen-bond acceptors (Lipinski definition) is 6. The highest BCUT2D eigenvalue weighted by Gasteiger charge is 2.29. The van der Waals surface area contributed by atoms with Gasteiger partial charge in [0.05, 0.1) is 17.8 Å². The molecule has 0 aliphatic carbocycles. The topological polar surface area (TPSA) is 96.0 Å². The maximum atomic E-state index is 13.3. The summed E-state index contributed by atoms with van der Waals surface area (Å²) in [6.07, 6.45) is 0.490. The second-order valence-electron chi connectivity index (χ2n) is 7.28. The first-order valence-electron chi connectivity index (χ1n) is 10.2. The Hall–Kier alpha value is -1.98. The summed E-state index contributed by atoms with van der Waals surface area (Å²) in [6, 6.07) is 15.7. The standard InChI is InChI=1S/C21H29N3O5S2/c1-29-20-7-9-21(10-8-20)31(27,28)24(14-11-19-5-3-2-4-6-19)17-18-30(25,26)23-15-12-22-13-16-23/h2-10,22H,11-18H2,1H3. The number of benzene rings is 2. The fourth-order valence-electron chi connectivity index (χ4n) is 3.42. The molecule has 0 atom stereocenters. The van der Waals surface area contributed by atoms with Gasteiger partial charge in [-0.1, -0.05) is 30.3 Å². The smallest absolute Gasteiger partial charge is 0.243 e. The highest BCUT2D eigenvalue weighted by Crippen LogP contribution is 2.20. The minimum atomic E-state index is -3.87. The van der Waals surface area contributed by atoms with E-state index < -0.39 is 20.0 Å². The van der Waals surface area contributed by atoms with Gasteiger partial charge in [0.25, 0.3) is 0 Å². The largest absolute Gasteiger partial charge is 0.497 e. The van der Waals surface area contributed by atoms with Crippen molar-refractivity contribution in [2.45, 2.75) is 11.3 Å². The normalized spacial score (nSPS) is 15.8. The molecule has 2 aromatic carbocycles. The first kappa shape index (κ1) is 23.7. The fraction of sp³-hybridized carbons (Fsp3) is 0.429. The molecule has 0 aromatic heterocycles. The first-order valence-corrected chi connectivity index (χ1v) is 13.2. The van der Waals surface area contributed by atoms with Gasteiger partial charge in [0, 0.05) is 39.3 Å². The Morgan fingerprint density at radius 3 is 2.19 bits per heavy atom. The van der Waals surface area contributed by atoms with Gasteiger partial charge in [-0.3, -0.25) is 0 Å². The molecular weight excluding hydrogens is 438 g/mol. The van der Waals surface area contributed by atoms with Crippen molar-refractivity contribution in [1.29, 1.82) is 0 Å². The lowest BCUT2D eigenvalue weighted by molar-refractivity contribution is 0.356. The SMILES string of the molecule is COc1ccc(S(=O)(=O)N(CCc2ccccc2)CCS(=O)(=O)N2CCNCC2)cc1. The van der Waals surface area contributed by atoms with Crippen LogP contribution in [-0.2, 0) is 26.5 Å². The van der Waals surface area contributed by atoms with E-state index in [9.17, 15) is 16.8 Å². The second kappa shape index (κ2) is 10.6. The Morgan fingerprint density at radius 2 is 1.58 bits per heavy atom. The Labute approximate surface area is 184 Å². The molecule has 8 nitrogen and oxygen atoms in total. The number of sulfonamides is 2. The molecule has 1 heterocycles. The number of rotatable bonds is 10. The van der Waals surface area contributed by atoms with E-state index >= 15 is 0 Å². The van der Waals surface area contributed by atoms with E-state index in [4.69, 9.17) is 4.74 Å². The molecule has 0 saturated carbocycles. The quantitative estimate of drug-likeness (QED) is 0.563. The zero-order chi connectivity index (χ0) is 22.3. The number of piperazine rings is 1. The van der Waals surface area contributed by atoms with E-state index in [1.54, 1.807) is 12.1 Å². The Morgan fingerprint density at radius 1 is 0.935 bits per heavy atom. The molecule has 1 aliphatic heterocycles. The predicted molar refractivity (Wildman–Crippen MR) is 120 cm³/mol. The van der Waals surface area contributed by atoms with E-state index in [1.807, 2.05) is 30.3 Å². The third-order valence-electron chi connectivity index (χ3n) is 5.26. The highest BCUT2D eigenvalue weighted by molar-refractivity contribution is 7.90. The third kappa shape index (κ3) is 6.27. The van der Waals surface area contributed by atoms with Crippen LogP contribution in [0.5, 0.6) is 5.75 Å². The minimum Gasteiger partial charge on any atom is -0.497 e. The van der Waals surface area contributed by atoms with Crippen LogP contribution in [0, 0.1) is 0 Å². The summed E-state index contributed by atoms with van der Waals surface area (Å²) in [7, 11) is -5.90. The van der Waals surface area contributed by atoms with Crippen molar-refractivity contribution >= 4 is 20.0 Å². The van der Waals surface area contributed by atoms with Crippen LogP contribution in [0.15, 0.2) is 59.5 Å². The minimum absolute atomic E-state index is 0.104. The van der Waals surface area contributed by atoms with Gasteiger partial charge in [-0.2, -0.15) is 8.61 Å². The second-order valence-corrected chi connectivity index (χ2v) is 11.3. The molecule has 0 amide bonds. The molecule has 1 N–H and O–H groups in total.